The minimum atomic E-state index is -0.401. The van der Waals surface area contributed by atoms with Crippen LogP contribution in [0.15, 0.2) is 59.1 Å². The Kier molecular flexibility index (Phi) is 5.81. The molecule has 0 saturated heterocycles. The molecule has 0 saturated carbocycles. The molecule has 0 amide bonds. The van der Waals surface area contributed by atoms with Gasteiger partial charge in [-0.2, -0.15) is 15.5 Å². The molecule has 4 rings (SSSR count). The third-order valence-corrected chi connectivity index (χ3v) is 6.06. The van der Waals surface area contributed by atoms with E-state index in [1.165, 1.54) is 24.0 Å². The SMILES string of the molecule is CCC[C@@H](CC)n1cc(-c2cc(Sc3ncccc3F)c3c(C#N)cnn3c2)cn1. The molecule has 0 fully saturated rings. The van der Waals surface area contributed by atoms with Gasteiger partial charge >= 0.3 is 0 Å². The topological polar surface area (TPSA) is 71.8 Å². The van der Waals surface area contributed by atoms with Gasteiger partial charge in [-0.05, 0) is 31.0 Å². The fraction of sp³-hybridized carbons (Fsp3) is 0.273. The van der Waals surface area contributed by atoms with Crippen LogP contribution in [0.2, 0.25) is 0 Å². The summed E-state index contributed by atoms with van der Waals surface area (Å²) in [7, 11) is 0. The van der Waals surface area contributed by atoms with Gasteiger partial charge in [-0.1, -0.05) is 32.0 Å². The first-order valence-electron chi connectivity index (χ1n) is 9.89. The average Bonchev–Trinajstić information content (AvgIpc) is 3.41. The fourth-order valence-electron chi connectivity index (χ4n) is 3.50. The molecule has 4 aromatic heterocycles. The molecule has 0 unspecified atom stereocenters. The van der Waals surface area contributed by atoms with Crippen molar-refractivity contribution in [3.05, 3.63) is 60.6 Å². The van der Waals surface area contributed by atoms with Crippen LogP contribution in [-0.2, 0) is 0 Å². The van der Waals surface area contributed by atoms with E-state index in [1.807, 2.05) is 29.3 Å². The van der Waals surface area contributed by atoms with Crippen LogP contribution in [-0.4, -0.2) is 24.4 Å². The fourth-order valence-corrected chi connectivity index (χ4v) is 4.47. The summed E-state index contributed by atoms with van der Waals surface area (Å²) in [6.07, 6.45) is 12.0. The van der Waals surface area contributed by atoms with Crippen LogP contribution in [0.25, 0.3) is 16.6 Å². The number of rotatable bonds is 7. The van der Waals surface area contributed by atoms with Crippen LogP contribution in [0, 0.1) is 17.1 Å². The zero-order valence-electron chi connectivity index (χ0n) is 16.8. The molecule has 0 aliphatic carbocycles. The molecule has 0 aliphatic rings. The first-order valence-corrected chi connectivity index (χ1v) is 10.7. The van der Waals surface area contributed by atoms with Crippen molar-refractivity contribution in [2.24, 2.45) is 0 Å². The Labute approximate surface area is 178 Å². The summed E-state index contributed by atoms with van der Waals surface area (Å²) in [6, 6.07) is 7.40. The monoisotopic (exact) mass is 420 g/mol. The maximum Gasteiger partial charge on any atom is 0.155 e. The lowest BCUT2D eigenvalue weighted by atomic mass is 10.1. The lowest BCUT2D eigenvalue weighted by Gasteiger charge is -2.14. The van der Waals surface area contributed by atoms with Crippen LogP contribution < -0.4 is 0 Å². The summed E-state index contributed by atoms with van der Waals surface area (Å²) in [4.78, 5) is 4.86. The van der Waals surface area contributed by atoms with E-state index < -0.39 is 5.82 Å². The highest BCUT2D eigenvalue weighted by Crippen LogP contribution is 2.36. The largest absolute Gasteiger partial charge is 0.269 e. The van der Waals surface area contributed by atoms with E-state index in [4.69, 9.17) is 0 Å². The lowest BCUT2D eigenvalue weighted by Crippen LogP contribution is -2.07. The van der Waals surface area contributed by atoms with Crippen molar-refractivity contribution in [3.63, 3.8) is 0 Å². The molecule has 0 aliphatic heterocycles. The third-order valence-electron chi connectivity index (χ3n) is 5.03. The van der Waals surface area contributed by atoms with Gasteiger partial charge in [0.15, 0.2) is 5.82 Å². The van der Waals surface area contributed by atoms with E-state index in [0.29, 0.717) is 22.0 Å². The molecule has 0 bridgehead atoms. The second-order valence-corrected chi connectivity index (χ2v) is 8.04. The normalized spacial score (nSPS) is 12.2. The van der Waals surface area contributed by atoms with Crippen LogP contribution in [0.1, 0.15) is 44.7 Å². The Balaban J connectivity index is 1.80. The summed E-state index contributed by atoms with van der Waals surface area (Å²) in [5.41, 5.74) is 2.92. The maximum absolute atomic E-state index is 14.2. The van der Waals surface area contributed by atoms with Gasteiger partial charge in [0.2, 0.25) is 0 Å². The van der Waals surface area contributed by atoms with Gasteiger partial charge in [-0.25, -0.2) is 13.9 Å². The number of halogens is 1. The van der Waals surface area contributed by atoms with E-state index in [2.05, 4.69) is 35.1 Å². The maximum atomic E-state index is 14.2. The Hall–Kier alpha value is -3.18. The number of pyridine rings is 2. The molecular formula is C22H21FN6S. The summed E-state index contributed by atoms with van der Waals surface area (Å²) in [6.45, 7) is 4.34. The highest BCUT2D eigenvalue weighted by molar-refractivity contribution is 7.99. The van der Waals surface area contributed by atoms with Gasteiger partial charge in [0, 0.05) is 34.6 Å². The van der Waals surface area contributed by atoms with Crippen molar-refractivity contribution in [1.29, 1.82) is 5.26 Å². The minimum absolute atomic E-state index is 0.256. The Morgan fingerprint density at radius 2 is 2.07 bits per heavy atom. The van der Waals surface area contributed by atoms with Crippen LogP contribution in [0.5, 0.6) is 0 Å². The van der Waals surface area contributed by atoms with Crippen molar-refractivity contribution in [1.82, 2.24) is 24.4 Å². The number of hydrogen-bond acceptors (Lipinski definition) is 5. The zero-order chi connectivity index (χ0) is 21.1. The molecule has 4 aromatic rings. The molecular weight excluding hydrogens is 399 g/mol. The van der Waals surface area contributed by atoms with E-state index in [0.717, 1.165) is 30.4 Å². The van der Waals surface area contributed by atoms with E-state index >= 15 is 0 Å². The van der Waals surface area contributed by atoms with E-state index in [9.17, 15) is 9.65 Å². The number of fused-ring (bicyclic) bond motifs is 1. The van der Waals surface area contributed by atoms with Gasteiger partial charge in [0.25, 0.3) is 0 Å². The highest BCUT2D eigenvalue weighted by Gasteiger charge is 2.17. The van der Waals surface area contributed by atoms with Crippen molar-refractivity contribution < 1.29 is 4.39 Å². The molecule has 152 valence electrons. The van der Waals surface area contributed by atoms with Crippen molar-refractivity contribution in [2.75, 3.05) is 0 Å². The molecule has 0 radical (unpaired) electrons. The van der Waals surface area contributed by atoms with Gasteiger partial charge in [-0.3, -0.25) is 4.68 Å². The Morgan fingerprint density at radius 3 is 2.80 bits per heavy atom. The second kappa shape index (κ2) is 8.67. The quantitative estimate of drug-likeness (QED) is 0.394. The smallest absolute Gasteiger partial charge is 0.155 e. The van der Waals surface area contributed by atoms with Crippen LogP contribution in [0.3, 0.4) is 0 Å². The second-order valence-electron chi connectivity index (χ2n) is 7.01. The third kappa shape index (κ3) is 3.81. The highest BCUT2D eigenvalue weighted by atomic mass is 32.2. The van der Waals surface area contributed by atoms with Gasteiger partial charge in [0.1, 0.15) is 11.1 Å². The molecule has 6 nitrogen and oxygen atoms in total. The summed E-state index contributed by atoms with van der Waals surface area (Å²) >= 11 is 1.19. The first kappa shape index (κ1) is 20.1. The molecule has 0 aromatic carbocycles. The molecule has 30 heavy (non-hydrogen) atoms. The average molecular weight is 421 g/mol. The summed E-state index contributed by atoms with van der Waals surface area (Å²) < 4.78 is 17.9. The summed E-state index contributed by atoms with van der Waals surface area (Å²) in [5, 5.41) is 18.6. The summed E-state index contributed by atoms with van der Waals surface area (Å²) in [5.74, 6) is -0.401. The van der Waals surface area contributed by atoms with Gasteiger partial charge < -0.3 is 0 Å². The van der Waals surface area contributed by atoms with Crippen molar-refractivity contribution >= 4 is 17.3 Å². The van der Waals surface area contributed by atoms with Gasteiger partial charge in [0.05, 0.1) is 29.5 Å². The predicted octanol–water partition coefficient (Wildman–Crippen LogP) is 5.51. The number of hydrogen-bond donors (Lipinski definition) is 0. The molecule has 8 heteroatoms. The van der Waals surface area contributed by atoms with Crippen molar-refractivity contribution in [3.8, 4) is 17.2 Å². The van der Waals surface area contributed by atoms with E-state index in [-0.39, 0.29) is 5.03 Å². The number of aromatic nitrogens is 5. The standard InChI is InChI=1S/C22H21FN6S/c1-3-6-18(4-2)28-14-17(12-26-28)15-9-20(30-22-19(23)7-5-8-25-22)21-16(10-24)11-27-29(21)13-15/h5,7-9,11-14,18H,3-4,6H2,1-2H3/t18-/m1/s1. The van der Waals surface area contributed by atoms with Crippen molar-refractivity contribution in [2.45, 2.75) is 49.1 Å². The Morgan fingerprint density at radius 1 is 1.20 bits per heavy atom. The minimum Gasteiger partial charge on any atom is -0.269 e. The van der Waals surface area contributed by atoms with E-state index in [1.54, 1.807) is 16.8 Å². The lowest BCUT2D eigenvalue weighted by molar-refractivity contribution is 0.409. The molecule has 0 N–H and O–H groups in total. The zero-order valence-corrected chi connectivity index (χ0v) is 17.6. The molecule has 4 heterocycles. The first-order chi connectivity index (χ1) is 14.6. The van der Waals surface area contributed by atoms with Crippen LogP contribution >= 0.6 is 11.8 Å². The van der Waals surface area contributed by atoms with Gasteiger partial charge in [-0.15, -0.1) is 0 Å². The predicted molar refractivity (Wildman–Crippen MR) is 114 cm³/mol. The molecule has 0 spiro atoms. The number of nitriles is 1. The van der Waals surface area contributed by atoms with Crippen LogP contribution in [0.4, 0.5) is 4.39 Å². The molecule has 1 atom stereocenters. The Bertz CT molecular complexity index is 1220. The number of nitrogens with zero attached hydrogens (tertiary/aromatic N) is 6.